The van der Waals surface area contributed by atoms with Gasteiger partial charge in [-0.15, -0.1) is 0 Å². The van der Waals surface area contributed by atoms with Crippen molar-refractivity contribution in [1.82, 2.24) is 20.4 Å². The van der Waals surface area contributed by atoms with Crippen LogP contribution in [0.3, 0.4) is 0 Å². The van der Waals surface area contributed by atoms with E-state index < -0.39 is 0 Å². The van der Waals surface area contributed by atoms with Crippen molar-refractivity contribution < 1.29 is 9.47 Å². The number of rotatable bonds is 6. The van der Waals surface area contributed by atoms with Gasteiger partial charge in [0, 0.05) is 59.0 Å². The Labute approximate surface area is 167 Å². The first-order valence-corrected chi connectivity index (χ1v) is 9.76. The Morgan fingerprint density at radius 1 is 1.25 bits per heavy atom. The van der Waals surface area contributed by atoms with Crippen LogP contribution < -0.4 is 10.6 Å². The monoisotopic (exact) mass is 385 g/mol. The largest absolute Gasteiger partial charge is 0.381 e. The lowest BCUT2D eigenvalue weighted by atomic mass is 9.94. The number of guanidine groups is 1. The van der Waals surface area contributed by atoms with Crippen LogP contribution >= 0.6 is 0 Å². The van der Waals surface area contributed by atoms with Crippen LogP contribution in [0.5, 0.6) is 0 Å². The lowest BCUT2D eigenvalue weighted by molar-refractivity contribution is -0.0855. The molecule has 0 spiro atoms. The maximum absolute atomic E-state index is 5.79. The zero-order chi connectivity index (χ0) is 20.0. The summed E-state index contributed by atoms with van der Waals surface area (Å²) in [5.41, 5.74) is 4.17. The third-order valence-corrected chi connectivity index (χ3v) is 5.31. The van der Waals surface area contributed by atoms with E-state index in [1.165, 1.54) is 0 Å². The SMILES string of the molecule is CN=C(NCc1ccccc1-n1nc(C)cc1C)NCC1(OC)CCOCC1. The van der Waals surface area contributed by atoms with Gasteiger partial charge in [-0.1, -0.05) is 18.2 Å². The number of para-hydroxylation sites is 1. The number of ether oxygens (including phenoxy) is 2. The summed E-state index contributed by atoms with van der Waals surface area (Å²) in [5.74, 6) is 0.756. The molecule has 28 heavy (non-hydrogen) atoms. The van der Waals surface area contributed by atoms with E-state index in [1.807, 2.05) is 23.7 Å². The average molecular weight is 386 g/mol. The Hall–Kier alpha value is -2.38. The maximum Gasteiger partial charge on any atom is 0.191 e. The van der Waals surface area contributed by atoms with Crippen molar-refractivity contribution in [2.24, 2.45) is 4.99 Å². The van der Waals surface area contributed by atoms with Crippen molar-refractivity contribution in [3.05, 3.63) is 47.3 Å². The second kappa shape index (κ2) is 9.21. The molecular weight excluding hydrogens is 354 g/mol. The van der Waals surface area contributed by atoms with Crippen LogP contribution in [0.25, 0.3) is 5.69 Å². The molecule has 2 heterocycles. The molecule has 0 amide bonds. The number of aliphatic imine (C=N–C) groups is 1. The van der Waals surface area contributed by atoms with E-state index in [4.69, 9.17) is 9.47 Å². The van der Waals surface area contributed by atoms with E-state index in [9.17, 15) is 0 Å². The fourth-order valence-electron chi connectivity index (χ4n) is 3.58. The van der Waals surface area contributed by atoms with Crippen LogP contribution in [0, 0.1) is 13.8 Å². The summed E-state index contributed by atoms with van der Waals surface area (Å²) in [6, 6.07) is 10.4. The highest BCUT2D eigenvalue weighted by atomic mass is 16.5. The Balaban J connectivity index is 1.65. The molecule has 1 aliphatic rings. The van der Waals surface area contributed by atoms with Gasteiger partial charge >= 0.3 is 0 Å². The summed E-state index contributed by atoms with van der Waals surface area (Å²) in [6.07, 6.45) is 1.77. The molecule has 2 aromatic rings. The molecule has 0 radical (unpaired) electrons. The van der Waals surface area contributed by atoms with Gasteiger partial charge in [-0.25, -0.2) is 4.68 Å². The summed E-state index contributed by atoms with van der Waals surface area (Å²) >= 11 is 0. The highest BCUT2D eigenvalue weighted by molar-refractivity contribution is 5.79. The number of benzene rings is 1. The van der Waals surface area contributed by atoms with Crippen molar-refractivity contribution in [2.75, 3.05) is 33.9 Å². The predicted molar refractivity (Wildman–Crippen MR) is 111 cm³/mol. The molecule has 1 aromatic heterocycles. The summed E-state index contributed by atoms with van der Waals surface area (Å²) in [6.45, 7) is 6.90. The van der Waals surface area contributed by atoms with E-state index in [1.54, 1.807) is 14.2 Å². The molecule has 7 nitrogen and oxygen atoms in total. The molecule has 0 saturated carbocycles. The number of hydrogen-bond acceptors (Lipinski definition) is 4. The molecule has 1 aromatic carbocycles. The summed E-state index contributed by atoms with van der Waals surface area (Å²) in [7, 11) is 3.56. The molecule has 7 heteroatoms. The van der Waals surface area contributed by atoms with Crippen molar-refractivity contribution in [1.29, 1.82) is 0 Å². The Kier molecular flexibility index (Phi) is 6.70. The zero-order valence-corrected chi connectivity index (χ0v) is 17.3. The smallest absolute Gasteiger partial charge is 0.191 e. The minimum Gasteiger partial charge on any atom is -0.381 e. The molecule has 152 valence electrons. The molecule has 1 saturated heterocycles. The normalized spacial score (nSPS) is 16.8. The Morgan fingerprint density at radius 2 is 2.00 bits per heavy atom. The highest BCUT2D eigenvalue weighted by Crippen LogP contribution is 2.23. The lowest BCUT2D eigenvalue weighted by Crippen LogP contribution is -2.50. The number of methoxy groups -OCH3 is 1. The first-order valence-electron chi connectivity index (χ1n) is 9.76. The van der Waals surface area contributed by atoms with E-state index in [0.29, 0.717) is 13.1 Å². The van der Waals surface area contributed by atoms with Crippen molar-refractivity contribution in [3.8, 4) is 5.69 Å². The van der Waals surface area contributed by atoms with Gasteiger partial charge < -0.3 is 20.1 Å². The number of aryl methyl sites for hydroxylation is 2. The van der Waals surface area contributed by atoms with Crippen LogP contribution in [0.15, 0.2) is 35.3 Å². The van der Waals surface area contributed by atoms with Gasteiger partial charge in [-0.3, -0.25) is 4.99 Å². The molecule has 3 rings (SSSR count). The first kappa shape index (κ1) is 20.4. The van der Waals surface area contributed by atoms with E-state index >= 15 is 0 Å². The van der Waals surface area contributed by atoms with Crippen LogP contribution in [0.1, 0.15) is 29.8 Å². The molecule has 0 aliphatic carbocycles. The van der Waals surface area contributed by atoms with E-state index in [2.05, 4.69) is 45.8 Å². The molecule has 1 fully saturated rings. The fraction of sp³-hybridized carbons (Fsp3) is 0.524. The van der Waals surface area contributed by atoms with Crippen LogP contribution in [-0.4, -0.2) is 55.3 Å². The Bertz CT molecular complexity index is 809. The minimum atomic E-state index is -0.197. The topological polar surface area (TPSA) is 72.7 Å². The molecule has 1 aliphatic heterocycles. The standard InChI is InChI=1S/C21H31N5O2/c1-16-13-17(2)26(25-16)19-8-6-5-7-18(19)14-23-20(22-3)24-15-21(27-4)9-11-28-12-10-21/h5-8,13H,9-12,14-15H2,1-4H3,(H2,22,23,24). The van der Waals surface area contributed by atoms with Gasteiger partial charge in [0.05, 0.1) is 17.0 Å². The summed E-state index contributed by atoms with van der Waals surface area (Å²) in [5, 5.41) is 11.4. The van der Waals surface area contributed by atoms with Crippen molar-refractivity contribution >= 4 is 5.96 Å². The van der Waals surface area contributed by atoms with Gasteiger partial charge in [0.15, 0.2) is 5.96 Å². The van der Waals surface area contributed by atoms with Crippen molar-refractivity contribution in [3.63, 3.8) is 0 Å². The molecule has 0 bridgehead atoms. The molecule has 2 N–H and O–H groups in total. The maximum atomic E-state index is 5.79. The van der Waals surface area contributed by atoms with Gasteiger partial charge in [0.2, 0.25) is 0 Å². The van der Waals surface area contributed by atoms with Crippen LogP contribution in [0.2, 0.25) is 0 Å². The molecule has 0 atom stereocenters. The lowest BCUT2D eigenvalue weighted by Gasteiger charge is -2.36. The fourth-order valence-corrected chi connectivity index (χ4v) is 3.58. The Morgan fingerprint density at radius 3 is 2.64 bits per heavy atom. The summed E-state index contributed by atoms with van der Waals surface area (Å²) < 4.78 is 13.3. The van der Waals surface area contributed by atoms with Gasteiger partial charge in [-0.2, -0.15) is 5.10 Å². The number of aromatic nitrogens is 2. The second-order valence-corrected chi connectivity index (χ2v) is 7.25. The van der Waals surface area contributed by atoms with Gasteiger partial charge in [-0.05, 0) is 31.5 Å². The first-order chi connectivity index (χ1) is 13.6. The minimum absolute atomic E-state index is 0.197. The molecule has 0 unspecified atom stereocenters. The van der Waals surface area contributed by atoms with E-state index in [0.717, 1.165) is 54.7 Å². The van der Waals surface area contributed by atoms with Gasteiger partial charge in [0.1, 0.15) is 0 Å². The number of nitrogens with zero attached hydrogens (tertiary/aromatic N) is 3. The van der Waals surface area contributed by atoms with Crippen LogP contribution in [-0.2, 0) is 16.0 Å². The highest BCUT2D eigenvalue weighted by Gasteiger charge is 2.32. The predicted octanol–water partition coefficient (Wildman–Crippen LogP) is 2.35. The average Bonchev–Trinajstić information content (AvgIpc) is 3.07. The van der Waals surface area contributed by atoms with Crippen molar-refractivity contribution in [2.45, 2.75) is 38.8 Å². The van der Waals surface area contributed by atoms with E-state index in [-0.39, 0.29) is 5.60 Å². The zero-order valence-electron chi connectivity index (χ0n) is 17.3. The third kappa shape index (κ3) is 4.72. The molecular formula is C21H31N5O2. The number of nitrogens with one attached hydrogen (secondary N) is 2. The third-order valence-electron chi connectivity index (χ3n) is 5.31. The quantitative estimate of drug-likeness (QED) is 0.590. The summed E-state index contributed by atoms with van der Waals surface area (Å²) in [4.78, 5) is 4.36. The number of hydrogen-bond donors (Lipinski definition) is 2. The van der Waals surface area contributed by atoms with Crippen LogP contribution in [0.4, 0.5) is 0 Å². The second-order valence-electron chi connectivity index (χ2n) is 7.25. The van der Waals surface area contributed by atoms with Gasteiger partial charge in [0.25, 0.3) is 0 Å².